The molecule has 1 fully saturated rings. The van der Waals surface area contributed by atoms with Crippen molar-refractivity contribution in [3.05, 3.63) is 59.7 Å². The Kier molecular flexibility index (Phi) is 4.34. The van der Waals surface area contributed by atoms with Crippen molar-refractivity contribution in [2.45, 2.75) is 12.0 Å². The van der Waals surface area contributed by atoms with Crippen LogP contribution in [0, 0.1) is 0 Å². The van der Waals surface area contributed by atoms with E-state index in [0.29, 0.717) is 13.1 Å². The van der Waals surface area contributed by atoms with E-state index in [9.17, 15) is 14.7 Å². The minimum Gasteiger partial charge on any atom is -0.480 e. The highest BCUT2D eigenvalue weighted by Gasteiger charge is 2.34. The van der Waals surface area contributed by atoms with E-state index in [4.69, 9.17) is 4.74 Å². The van der Waals surface area contributed by atoms with E-state index in [1.54, 1.807) is 0 Å². The van der Waals surface area contributed by atoms with Gasteiger partial charge in [0.25, 0.3) is 0 Å². The van der Waals surface area contributed by atoms with Crippen LogP contribution in [-0.4, -0.2) is 54.4 Å². The molecule has 0 unspecified atom stereocenters. The maximum atomic E-state index is 12.5. The first kappa shape index (κ1) is 16.6. The molecule has 6 nitrogen and oxygen atoms in total. The minimum atomic E-state index is -1.02. The molecule has 1 heterocycles. The van der Waals surface area contributed by atoms with Crippen molar-refractivity contribution < 1.29 is 19.4 Å². The number of ether oxygens (including phenoxy) is 1. The van der Waals surface area contributed by atoms with Crippen molar-refractivity contribution in [2.24, 2.45) is 0 Å². The Morgan fingerprint density at radius 3 is 2.31 bits per heavy atom. The van der Waals surface area contributed by atoms with Crippen LogP contribution in [0.1, 0.15) is 17.0 Å². The monoisotopic (exact) mass is 352 g/mol. The molecule has 0 saturated carbocycles. The zero-order chi connectivity index (χ0) is 18.1. The number of nitrogens with one attached hydrogen (secondary N) is 1. The second-order valence-electron chi connectivity index (χ2n) is 6.56. The molecular weight excluding hydrogens is 332 g/mol. The molecule has 2 N–H and O–H groups in total. The van der Waals surface area contributed by atoms with Gasteiger partial charge in [-0.3, -0.25) is 4.90 Å². The predicted molar refractivity (Wildman–Crippen MR) is 96.1 cm³/mol. The molecule has 0 bridgehead atoms. The third kappa shape index (κ3) is 2.82. The van der Waals surface area contributed by atoms with Gasteiger partial charge in [-0.05, 0) is 22.3 Å². The number of hydrogen-bond acceptors (Lipinski definition) is 4. The van der Waals surface area contributed by atoms with Crippen molar-refractivity contribution in [3.8, 4) is 11.1 Å². The Balaban J connectivity index is 1.53. The number of rotatable bonds is 3. The van der Waals surface area contributed by atoms with Crippen molar-refractivity contribution in [2.75, 3.05) is 26.2 Å². The molecule has 26 heavy (non-hydrogen) atoms. The molecule has 1 aliphatic carbocycles. The molecule has 1 saturated heterocycles. The van der Waals surface area contributed by atoms with Gasteiger partial charge >= 0.3 is 12.1 Å². The summed E-state index contributed by atoms with van der Waals surface area (Å²) in [6.07, 6.45) is -0.569. The van der Waals surface area contributed by atoms with Crippen LogP contribution in [0.3, 0.4) is 0 Å². The molecule has 1 amide bonds. The third-order valence-corrected chi connectivity index (χ3v) is 5.10. The van der Waals surface area contributed by atoms with Gasteiger partial charge in [0.1, 0.15) is 12.6 Å². The van der Waals surface area contributed by atoms with Gasteiger partial charge in [0.2, 0.25) is 0 Å². The Labute approximate surface area is 151 Å². The number of fused-ring (bicyclic) bond motifs is 3. The number of aliphatic carboxylic acids is 1. The molecule has 0 radical (unpaired) electrons. The van der Waals surface area contributed by atoms with E-state index >= 15 is 0 Å². The lowest BCUT2D eigenvalue weighted by Gasteiger charge is -2.32. The van der Waals surface area contributed by atoms with Gasteiger partial charge in [-0.15, -0.1) is 0 Å². The van der Waals surface area contributed by atoms with E-state index in [-0.39, 0.29) is 19.1 Å². The minimum absolute atomic E-state index is 0.0301. The standard InChI is InChI=1S/C20H20N2O4/c23-19(24)18-11-21-9-10-22(18)20(25)26-12-17-15-7-3-1-5-13(15)14-6-2-4-8-16(14)17/h1-8,17-18,21H,9-12H2,(H,23,24)/t18-/m1/s1. The average molecular weight is 352 g/mol. The summed E-state index contributed by atoms with van der Waals surface area (Å²) in [7, 11) is 0. The zero-order valence-corrected chi connectivity index (χ0v) is 14.2. The molecule has 134 valence electrons. The van der Waals surface area contributed by atoms with E-state index in [2.05, 4.69) is 29.6 Å². The summed E-state index contributed by atoms with van der Waals surface area (Å²) in [5.74, 6) is -1.05. The highest BCUT2D eigenvalue weighted by molar-refractivity contribution is 5.81. The highest BCUT2D eigenvalue weighted by atomic mass is 16.6. The first-order valence-electron chi connectivity index (χ1n) is 8.72. The summed E-state index contributed by atoms with van der Waals surface area (Å²) < 4.78 is 5.56. The summed E-state index contributed by atoms with van der Waals surface area (Å²) in [5, 5.41) is 12.3. The number of benzene rings is 2. The fourth-order valence-electron chi connectivity index (χ4n) is 3.82. The Hall–Kier alpha value is -2.86. The average Bonchev–Trinajstić information content (AvgIpc) is 3.00. The molecule has 6 heteroatoms. The molecule has 2 aromatic carbocycles. The van der Waals surface area contributed by atoms with Crippen LogP contribution in [0.15, 0.2) is 48.5 Å². The van der Waals surface area contributed by atoms with Crippen LogP contribution in [0.4, 0.5) is 4.79 Å². The maximum Gasteiger partial charge on any atom is 0.410 e. The van der Waals surface area contributed by atoms with Gasteiger partial charge in [0.15, 0.2) is 0 Å². The number of hydrogen-bond donors (Lipinski definition) is 2. The molecule has 0 spiro atoms. The van der Waals surface area contributed by atoms with E-state index in [1.807, 2.05) is 24.3 Å². The van der Waals surface area contributed by atoms with Crippen LogP contribution >= 0.6 is 0 Å². The topological polar surface area (TPSA) is 78.9 Å². The normalized spacial score (nSPS) is 18.9. The van der Waals surface area contributed by atoms with Crippen LogP contribution in [0.5, 0.6) is 0 Å². The van der Waals surface area contributed by atoms with E-state index in [0.717, 1.165) is 22.3 Å². The quantitative estimate of drug-likeness (QED) is 0.886. The number of carbonyl (C=O) groups is 2. The summed E-state index contributed by atoms with van der Waals surface area (Å²) in [5.41, 5.74) is 4.60. The lowest BCUT2D eigenvalue weighted by atomic mass is 9.98. The molecule has 4 rings (SSSR count). The molecular formula is C20H20N2O4. The summed E-state index contributed by atoms with van der Waals surface area (Å²) >= 11 is 0. The van der Waals surface area contributed by atoms with Crippen LogP contribution in [0.25, 0.3) is 11.1 Å². The van der Waals surface area contributed by atoms with Gasteiger partial charge in [-0.2, -0.15) is 0 Å². The van der Waals surface area contributed by atoms with Gasteiger partial charge in [0.05, 0.1) is 0 Å². The summed E-state index contributed by atoms with van der Waals surface area (Å²) in [6.45, 7) is 1.32. The Morgan fingerprint density at radius 2 is 1.69 bits per heavy atom. The summed E-state index contributed by atoms with van der Waals surface area (Å²) in [6, 6.07) is 15.3. The van der Waals surface area contributed by atoms with E-state index in [1.165, 1.54) is 4.90 Å². The van der Waals surface area contributed by atoms with Crippen molar-refractivity contribution >= 4 is 12.1 Å². The second kappa shape index (κ2) is 6.80. The predicted octanol–water partition coefficient (Wildman–Crippen LogP) is 2.29. The fourth-order valence-corrected chi connectivity index (χ4v) is 3.82. The summed E-state index contributed by atoms with van der Waals surface area (Å²) in [4.78, 5) is 25.2. The van der Waals surface area contributed by atoms with E-state index < -0.39 is 18.1 Å². The number of carbonyl (C=O) groups excluding carboxylic acids is 1. The van der Waals surface area contributed by atoms with Crippen LogP contribution in [-0.2, 0) is 9.53 Å². The lowest BCUT2D eigenvalue weighted by molar-refractivity contribution is -0.143. The van der Waals surface area contributed by atoms with Crippen molar-refractivity contribution in [3.63, 3.8) is 0 Å². The van der Waals surface area contributed by atoms with Gasteiger partial charge in [0, 0.05) is 25.6 Å². The van der Waals surface area contributed by atoms with Crippen molar-refractivity contribution in [1.29, 1.82) is 0 Å². The van der Waals surface area contributed by atoms with Gasteiger partial charge < -0.3 is 15.2 Å². The maximum absolute atomic E-state index is 12.5. The molecule has 1 atom stereocenters. The molecule has 0 aromatic heterocycles. The van der Waals surface area contributed by atoms with Crippen LogP contribution in [0.2, 0.25) is 0 Å². The number of amides is 1. The van der Waals surface area contributed by atoms with Gasteiger partial charge in [-0.1, -0.05) is 48.5 Å². The first-order chi connectivity index (χ1) is 12.7. The largest absolute Gasteiger partial charge is 0.480 e. The SMILES string of the molecule is O=C(O)[C@H]1CNCCN1C(=O)OCC1c2ccccc2-c2ccccc21. The first-order valence-corrected chi connectivity index (χ1v) is 8.72. The third-order valence-electron chi connectivity index (χ3n) is 5.10. The van der Waals surface area contributed by atoms with Gasteiger partial charge in [-0.25, -0.2) is 9.59 Å². The smallest absolute Gasteiger partial charge is 0.410 e. The number of carboxylic acids is 1. The molecule has 1 aliphatic heterocycles. The Bertz CT molecular complexity index is 806. The fraction of sp³-hybridized carbons (Fsp3) is 0.300. The second-order valence-corrected chi connectivity index (χ2v) is 6.56. The molecule has 2 aromatic rings. The number of carboxylic acid groups (broad SMARTS) is 1. The number of piperazine rings is 1. The lowest BCUT2D eigenvalue weighted by Crippen LogP contribution is -2.57. The molecule has 2 aliphatic rings. The number of nitrogens with zero attached hydrogens (tertiary/aromatic N) is 1. The van der Waals surface area contributed by atoms with Crippen LogP contribution < -0.4 is 5.32 Å². The zero-order valence-electron chi connectivity index (χ0n) is 14.2. The highest BCUT2D eigenvalue weighted by Crippen LogP contribution is 2.44. The Morgan fingerprint density at radius 1 is 1.08 bits per heavy atom. The van der Waals surface area contributed by atoms with Crippen molar-refractivity contribution in [1.82, 2.24) is 10.2 Å².